The number of carbonyl (C=O) groups excluding carboxylic acids is 1. The Morgan fingerprint density at radius 1 is 0.943 bits per heavy atom. The number of nitrogens with two attached hydrogens (primary N) is 1. The second kappa shape index (κ2) is 11.6. The fraction of sp³-hybridized carbons (Fsp3) is 0.720. The number of urea groups is 1. The molecule has 0 spiro atoms. The second-order valence-corrected chi connectivity index (χ2v) is 11.9. The van der Waals surface area contributed by atoms with Gasteiger partial charge in [0.2, 0.25) is 0 Å². The summed E-state index contributed by atoms with van der Waals surface area (Å²) in [6.45, 7) is 3.36. The second-order valence-electron chi connectivity index (χ2n) is 10.4. The van der Waals surface area contributed by atoms with Crippen molar-refractivity contribution < 1.29 is 13.2 Å². The maximum atomic E-state index is 12.4. The molecule has 2 unspecified atom stereocenters. The molecule has 9 nitrogen and oxygen atoms in total. The van der Waals surface area contributed by atoms with Crippen LogP contribution in [0, 0.1) is 0 Å². The number of likely N-dealkylation sites (tertiary alicyclic amines) is 2. The van der Waals surface area contributed by atoms with E-state index in [2.05, 4.69) is 37.7 Å². The van der Waals surface area contributed by atoms with E-state index in [9.17, 15) is 13.2 Å². The van der Waals surface area contributed by atoms with Gasteiger partial charge in [0.05, 0.1) is 0 Å². The average molecular weight is 507 g/mol. The number of nitrogens with one attached hydrogen (secondary N) is 3. The molecule has 0 saturated carbocycles. The van der Waals surface area contributed by atoms with Crippen molar-refractivity contribution >= 4 is 21.9 Å². The molecule has 0 radical (unpaired) electrons. The van der Waals surface area contributed by atoms with Crippen LogP contribution in [-0.2, 0) is 35.9 Å². The molecule has 1 aromatic carbocycles. The van der Waals surface area contributed by atoms with E-state index in [1.165, 1.54) is 41.6 Å². The van der Waals surface area contributed by atoms with Crippen LogP contribution in [0.15, 0.2) is 6.07 Å². The number of hydrogen-bond donors (Lipinski definition) is 4. The Hall–Kier alpha value is -1.72. The molecule has 2 saturated heterocycles. The molecule has 196 valence electrons. The van der Waals surface area contributed by atoms with Gasteiger partial charge in [0, 0.05) is 30.9 Å². The number of aryl methyl sites for hydroxylation is 2. The van der Waals surface area contributed by atoms with Gasteiger partial charge in [-0.15, -0.1) is 0 Å². The van der Waals surface area contributed by atoms with Crippen LogP contribution < -0.4 is 20.5 Å². The molecule has 2 aliphatic heterocycles. The molecular weight excluding hydrogens is 464 g/mol. The van der Waals surface area contributed by atoms with E-state index in [0.29, 0.717) is 12.6 Å². The minimum absolute atomic E-state index is 0.185. The molecule has 0 aromatic heterocycles. The quantitative estimate of drug-likeness (QED) is 0.467. The van der Waals surface area contributed by atoms with Gasteiger partial charge in [-0.1, -0.05) is 6.07 Å². The Labute approximate surface area is 210 Å². The van der Waals surface area contributed by atoms with E-state index < -0.39 is 16.2 Å². The Balaban J connectivity index is 0.000000308. The van der Waals surface area contributed by atoms with Crippen molar-refractivity contribution in [2.45, 2.75) is 76.3 Å². The molecule has 2 aliphatic carbocycles. The third-order valence-electron chi connectivity index (χ3n) is 8.06. The molecule has 2 atom stereocenters. The summed E-state index contributed by atoms with van der Waals surface area (Å²) in [6, 6.07) is 2.46. The van der Waals surface area contributed by atoms with Gasteiger partial charge in [-0.05, 0) is 114 Å². The summed E-state index contributed by atoms with van der Waals surface area (Å²) in [4.78, 5) is 16.9. The summed E-state index contributed by atoms with van der Waals surface area (Å²) >= 11 is 0. The van der Waals surface area contributed by atoms with E-state index in [-0.39, 0.29) is 6.04 Å². The highest BCUT2D eigenvalue weighted by Gasteiger charge is 2.27. The highest BCUT2D eigenvalue weighted by molar-refractivity contribution is 7.88. The number of likely N-dealkylation sites (N-methyl/N-ethyl adjacent to an activating group) is 2. The number of nitrogens with zero attached hydrogens (tertiary/aromatic N) is 2. The van der Waals surface area contributed by atoms with Crippen molar-refractivity contribution in [1.82, 2.24) is 19.2 Å². The SMILES string of the molecule is CN1CCCC1CN.CN1CCCC1CNS(=O)(=O)NC(=O)Nc1c2c(cc3c1CCC3)CCC2. The average Bonchev–Trinajstić information content (AvgIpc) is 3.60. The summed E-state index contributed by atoms with van der Waals surface area (Å²) in [6.07, 6.45) is 10.8. The standard InChI is InChI=1S/C19H28N4O3S.C6H14N2/c1-23-10-4-7-15(23)12-20-27(25,26)22-19(24)21-18-16-8-2-5-13(16)11-14-6-3-9-17(14)18;1-8-4-2-3-6(8)5-7/h11,15,20H,2-10,12H2,1H3,(H2,21,22,24);6H,2-5,7H2,1H3. The normalized spacial score (nSPS) is 24.1. The van der Waals surface area contributed by atoms with Crippen LogP contribution in [0.5, 0.6) is 0 Å². The lowest BCUT2D eigenvalue weighted by molar-refractivity contribution is 0.256. The molecule has 5 N–H and O–H groups in total. The Bertz CT molecular complexity index is 983. The maximum Gasteiger partial charge on any atom is 0.333 e. The summed E-state index contributed by atoms with van der Waals surface area (Å²) in [5, 5.41) is 2.86. The first kappa shape index (κ1) is 26.3. The number of benzene rings is 1. The molecule has 4 aliphatic rings. The van der Waals surface area contributed by atoms with Gasteiger partial charge in [0.1, 0.15) is 0 Å². The van der Waals surface area contributed by atoms with Gasteiger partial charge in [-0.3, -0.25) is 0 Å². The van der Waals surface area contributed by atoms with Crippen LogP contribution in [-0.4, -0.2) is 76.6 Å². The van der Waals surface area contributed by atoms with Gasteiger partial charge in [0.15, 0.2) is 0 Å². The maximum absolute atomic E-state index is 12.4. The third kappa shape index (κ3) is 6.54. The lowest BCUT2D eigenvalue weighted by Gasteiger charge is -2.20. The number of rotatable bonds is 6. The van der Waals surface area contributed by atoms with Crippen molar-refractivity contribution in [3.8, 4) is 0 Å². The summed E-state index contributed by atoms with van der Waals surface area (Å²) < 4.78 is 29.2. The van der Waals surface area contributed by atoms with Gasteiger partial charge in [-0.2, -0.15) is 13.1 Å². The molecule has 10 heteroatoms. The molecule has 35 heavy (non-hydrogen) atoms. The van der Waals surface area contributed by atoms with E-state index in [1.807, 2.05) is 7.05 Å². The monoisotopic (exact) mass is 506 g/mol. The first-order chi connectivity index (χ1) is 16.8. The highest BCUT2D eigenvalue weighted by Crippen LogP contribution is 2.38. The van der Waals surface area contributed by atoms with Crippen molar-refractivity contribution in [2.24, 2.45) is 5.73 Å². The first-order valence-corrected chi connectivity index (χ1v) is 14.6. The van der Waals surface area contributed by atoms with Crippen LogP contribution in [0.25, 0.3) is 0 Å². The van der Waals surface area contributed by atoms with Crippen LogP contribution in [0.2, 0.25) is 0 Å². The summed E-state index contributed by atoms with van der Waals surface area (Å²) in [7, 11) is 0.253. The van der Waals surface area contributed by atoms with Crippen molar-refractivity contribution in [1.29, 1.82) is 0 Å². The largest absolute Gasteiger partial charge is 0.333 e. The number of carbonyl (C=O) groups is 1. The Morgan fingerprint density at radius 2 is 1.51 bits per heavy atom. The van der Waals surface area contributed by atoms with Gasteiger partial charge < -0.3 is 20.9 Å². The fourth-order valence-corrected chi connectivity index (χ4v) is 6.76. The van der Waals surface area contributed by atoms with Gasteiger partial charge >= 0.3 is 16.2 Å². The van der Waals surface area contributed by atoms with Crippen LogP contribution in [0.4, 0.5) is 10.5 Å². The van der Waals surface area contributed by atoms with Gasteiger partial charge in [0.25, 0.3) is 0 Å². The first-order valence-electron chi connectivity index (χ1n) is 13.1. The van der Waals surface area contributed by atoms with Crippen LogP contribution in [0.3, 0.4) is 0 Å². The van der Waals surface area contributed by atoms with E-state index in [1.54, 1.807) is 0 Å². The lowest BCUT2D eigenvalue weighted by Crippen LogP contribution is -2.46. The fourth-order valence-electron chi connectivity index (χ4n) is 5.98. The van der Waals surface area contributed by atoms with Crippen molar-refractivity contribution in [3.63, 3.8) is 0 Å². The van der Waals surface area contributed by atoms with Crippen molar-refractivity contribution in [2.75, 3.05) is 45.6 Å². The van der Waals surface area contributed by atoms with Crippen LogP contribution in [0.1, 0.15) is 60.8 Å². The molecular formula is C25H42N6O3S. The lowest BCUT2D eigenvalue weighted by atomic mass is 9.99. The number of hydrogen-bond acceptors (Lipinski definition) is 6. The smallest absolute Gasteiger partial charge is 0.329 e. The zero-order chi connectivity index (χ0) is 25.0. The third-order valence-corrected chi connectivity index (χ3v) is 9.06. The Kier molecular flexibility index (Phi) is 8.70. The summed E-state index contributed by atoms with van der Waals surface area (Å²) in [5.41, 5.74) is 11.3. The highest BCUT2D eigenvalue weighted by atomic mass is 32.2. The number of fused-ring (bicyclic) bond motifs is 2. The van der Waals surface area contributed by atoms with E-state index >= 15 is 0 Å². The zero-order valence-corrected chi connectivity index (χ0v) is 22.1. The molecule has 2 heterocycles. The zero-order valence-electron chi connectivity index (χ0n) is 21.2. The topological polar surface area (TPSA) is 120 Å². The number of anilines is 1. The predicted molar refractivity (Wildman–Crippen MR) is 140 cm³/mol. The Morgan fingerprint density at radius 3 is 2.00 bits per heavy atom. The number of amides is 2. The van der Waals surface area contributed by atoms with Crippen LogP contribution >= 0.6 is 0 Å². The molecule has 2 fully saturated rings. The molecule has 5 rings (SSSR count). The minimum Gasteiger partial charge on any atom is -0.329 e. The molecule has 1 aromatic rings. The van der Waals surface area contributed by atoms with E-state index in [4.69, 9.17) is 5.73 Å². The van der Waals surface area contributed by atoms with Gasteiger partial charge in [-0.25, -0.2) is 9.52 Å². The minimum atomic E-state index is -3.88. The van der Waals surface area contributed by atoms with E-state index in [0.717, 1.165) is 70.1 Å². The summed E-state index contributed by atoms with van der Waals surface area (Å²) in [5.74, 6) is 0. The van der Waals surface area contributed by atoms with Crippen molar-refractivity contribution in [3.05, 3.63) is 28.3 Å². The molecule has 2 amide bonds. The molecule has 0 bridgehead atoms. The predicted octanol–water partition coefficient (Wildman–Crippen LogP) is 1.75.